The fourth-order valence-corrected chi connectivity index (χ4v) is 2.13. The van der Waals surface area contributed by atoms with Crippen LogP contribution in [0.4, 0.5) is 0 Å². The van der Waals surface area contributed by atoms with Gasteiger partial charge in [-0.15, -0.1) is 0 Å². The van der Waals surface area contributed by atoms with E-state index in [9.17, 15) is 5.11 Å². The average Bonchev–Trinajstić information content (AvgIpc) is 2.80. The summed E-state index contributed by atoms with van der Waals surface area (Å²) in [5.74, 6) is 0. The number of aromatic nitrogens is 2. The molecule has 0 aliphatic rings. The lowest BCUT2D eigenvalue weighted by Gasteiger charge is -2.14. The van der Waals surface area contributed by atoms with Crippen LogP contribution >= 0.6 is 11.6 Å². The summed E-state index contributed by atoms with van der Waals surface area (Å²) in [5.41, 5.74) is 2.61. The minimum atomic E-state index is -0.683. The van der Waals surface area contributed by atoms with Gasteiger partial charge in [0.15, 0.2) is 0 Å². The van der Waals surface area contributed by atoms with E-state index in [0.29, 0.717) is 5.02 Å². The van der Waals surface area contributed by atoms with E-state index < -0.39 is 6.10 Å². The van der Waals surface area contributed by atoms with Gasteiger partial charge in [-0.1, -0.05) is 30.7 Å². The highest BCUT2D eigenvalue weighted by Gasteiger charge is 2.15. The van der Waals surface area contributed by atoms with Crippen molar-refractivity contribution in [3.8, 4) is 0 Å². The van der Waals surface area contributed by atoms with Gasteiger partial charge in [-0.2, -0.15) is 0 Å². The first-order valence-corrected chi connectivity index (χ1v) is 6.45. The molecule has 0 aliphatic carbocycles. The maximum atomic E-state index is 10.4. The average molecular weight is 265 g/mol. The Bertz CT molecular complexity index is 536. The van der Waals surface area contributed by atoms with Crippen LogP contribution in [-0.4, -0.2) is 14.7 Å². The van der Waals surface area contributed by atoms with Crippen LogP contribution in [0.15, 0.2) is 30.7 Å². The summed E-state index contributed by atoms with van der Waals surface area (Å²) in [7, 11) is 0. The monoisotopic (exact) mass is 264 g/mol. The molecule has 96 valence electrons. The maximum Gasteiger partial charge on any atom is 0.121 e. The Labute approximate surface area is 112 Å². The molecule has 0 aliphatic heterocycles. The van der Waals surface area contributed by atoms with E-state index in [0.717, 1.165) is 29.8 Å². The van der Waals surface area contributed by atoms with Crippen molar-refractivity contribution in [3.63, 3.8) is 0 Å². The lowest BCUT2D eigenvalue weighted by molar-refractivity contribution is 0.209. The molecule has 1 atom stereocenters. The molecule has 18 heavy (non-hydrogen) atoms. The minimum absolute atomic E-state index is 0.674. The predicted octanol–water partition coefficient (Wildman–Crippen LogP) is 3.34. The largest absolute Gasteiger partial charge is 0.382 e. The zero-order chi connectivity index (χ0) is 13.1. The van der Waals surface area contributed by atoms with Gasteiger partial charge in [-0.25, -0.2) is 4.98 Å². The zero-order valence-electron chi connectivity index (χ0n) is 10.6. The highest BCUT2D eigenvalue weighted by atomic mass is 35.5. The molecule has 4 heteroatoms. The van der Waals surface area contributed by atoms with E-state index in [1.54, 1.807) is 12.5 Å². The van der Waals surface area contributed by atoms with Crippen LogP contribution in [0.2, 0.25) is 5.02 Å². The normalized spacial score (nSPS) is 12.7. The second kappa shape index (κ2) is 5.55. The van der Waals surface area contributed by atoms with Crippen LogP contribution in [0.3, 0.4) is 0 Å². The molecule has 3 nitrogen and oxygen atoms in total. The van der Waals surface area contributed by atoms with Crippen LogP contribution in [0.1, 0.15) is 36.3 Å². The Balaban J connectivity index is 2.32. The smallest absolute Gasteiger partial charge is 0.121 e. The van der Waals surface area contributed by atoms with Gasteiger partial charge in [-0.3, -0.25) is 0 Å². The first-order valence-electron chi connectivity index (χ1n) is 6.07. The highest BCUT2D eigenvalue weighted by molar-refractivity contribution is 6.31. The molecule has 0 spiro atoms. The number of halogens is 1. The molecule has 1 N–H and O–H groups in total. The molecule has 1 aromatic heterocycles. The van der Waals surface area contributed by atoms with Crippen molar-refractivity contribution in [1.29, 1.82) is 0 Å². The molecular weight excluding hydrogens is 248 g/mol. The summed E-state index contributed by atoms with van der Waals surface area (Å²) in [6, 6.07) is 5.63. The molecule has 1 aromatic carbocycles. The van der Waals surface area contributed by atoms with Crippen molar-refractivity contribution in [1.82, 2.24) is 9.55 Å². The minimum Gasteiger partial charge on any atom is -0.382 e. The number of rotatable bonds is 4. The number of nitrogens with zero attached hydrogens (tertiary/aromatic N) is 2. The Morgan fingerprint density at radius 1 is 1.44 bits per heavy atom. The van der Waals surface area contributed by atoms with E-state index >= 15 is 0 Å². The van der Waals surface area contributed by atoms with Crippen molar-refractivity contribution in [2.45, 2.75) is 32.9 Å². The van der Waals surface area contributed by atoms with E-state index in [2.05, 4.69) is 11.9 Å². The number of aliphatic hydroxyl groups excluding tert-OH is 1. The van der Waals surface area contributed by atoms with Gasteiger partial charge in [0.05, 0.1) is 18.2 Å². The molecule has 2 rings (SSSR count). The van der Waals surface area contributed by atoms with Gasteiger partial charge >= 0.3 is 0 Å². The Morgan fingerprint density at radius 3 is 2.89 bits per heavy atom. The molecule has 0 saturated heterocycles. The Morgan fingerprint density at radius 2 is 2.22 bits per heavy atom. The van der Waals surface area contributed by atoms with Crippen molar-refractivity contribution in [2.75, 3.05) is 0 Å². The van der Waals surface area contributed by atoms with Gasteiger partial charge in [0.25, 0.3) is 0 Å². The summed E-state index contributed by atoms with van der Waals surface area (Å²) in [4.78, 5) is 4.10. The van der Waals surface area contributed by atoms with Gasteiger partial charge in [0.1, 0.15) is 6.10 Å². The van der Waals surface area contributed by atoms with Crippen LogP contribution in [0.25, 0.3) is 0 Å². The Hall–Kier alpha value is -1.32. The van der Waals surface area contributed by atoms with Crippen molar-refractivity contribution in [2.24, 2.45) is 0 Å². The number of hydrogen-bond donors (Lipinski definition) is 1. The molecule has 1 heterocycles. The summed E-state index contributed by atoms with van der Waals surface area (Å²) in [6.07, 6.45) is 3.77. The molecule has 0 saturated carbocycles. The zero-order valence-corrected chi connectivity index (χ0v) is 11.4. The van der Waals surface area contributed by atoms with Crippen LogP contribution < -0.4 is 0 Å². The standard InChI is InChI=1S/C14H17ClN2O/c1-3-6-17-9-16-8-13(17)14(18)11-5-4-10(2)12(15)7-11/h4-5,7-9,14,18H,3,6H2,1-2H3. The quantitative estimate of drug-likeness (QED) is 0.920. The molecular formula is C14H17ClN2O. The van der Waals surface area contributed by atoms with Crippen LogP contribution in [0.5, 0.6) is 0 Å². The fourth-order valence-electron chi connectivity index (χ4n) is 1.94. The van der Waals surface area contributed by atoms with Gasteiger partial charge in [0.2, 0.25) is 0 Å². The van der Waals surface area contributed by atoms with Crippen molar-refractivity contribution in [3.05, 3.63) is 52.6 Å². The number of hydrogen-bond acceptors (Lipinski definition) is 2. The predicted molar refractivity (Wildman–Crippen MR) is 72.8 cm³/mol. The van der Waals surface area contributed by atoms with Gasteiger partial charge in [0, 0.05) is 11.6 Å². The SMILES string of the molecule is CCCn1cncc1C(O)c1ccc(C)c(Cl)c1. The molecule has 1 unspecified atom stereocenters. The first-order chi connectivity index (χ1) is 8.63. The highest BCUT2D eigenvalue weighted by Crippen LogP contribution is 2.26. The summed E-state index contributed by atoms with van der Waals surface area (Å²) in [6.45, 7) is 4.89. The van der Waals surface area contributed by atoms with Crippen LogP contribution in [0, 0.1) is 6.92 Å². The topological polar surface area (TPSA) is 38.0 Å². The fraction of sp³-hybridized carbons (Fsp3) is 0.357. The molecule has 0 radical (unpaired) electrons. The second-order valence-electron chi connectivity index (χ2n) is 4.42. The lowest BCUT2D eigenvalue weighted by atomic mass is 10.1. The maximum absolute atomic E-state index is 10.4. The summed E-state index contributed by atoms with van der Waals surface area (Å²) >= 11 is 6.09. The second-order valence-corrected chi connectivity index (χ2v) is 4.83. The Kier molecular flexibility index (Phi) is 4.04. The third kappa shape index (κ3) is 2.57. The van der Waals surface area contributed by atoms with Crippen molar-refractivity contribution < 1.29 is 5.11 Å². The number of aliphatic hydroxyl groups is 1. The van der Waals surface area contributed by atoms with Crippen molar-refractivity contribution >= 4 is 11.6 Å². The van der Waals surface area contributed by atoms with E-state index in [-0.39, 0.29) is 0 Å². The third-order valence-corrected chi connectivity index (χ3v) is 3.41. The van der Waals surface area contributed by atoms with Gasteiger partial charge in [-0.05, 0) is 30.5 Å². The lowest BCUT2D eigenvalue weighted by Crippen LogP contribution is -2.08. The molecule has 0 fully saturated rings. The molecule has 2 aromatic rings. The van der Waals surface area contributed by atoms with Crippen LogP contribution in [-0.2, 0) is 6.54 Å². The molecule has 0 bridgehead atoms. The number of aryl methyl sites for hydroxylation is 2. The summed E-state index contributed by atoms with van der Waals surface area (Å²) < 4.78 is 1.97. The van der Waals surface area contributed by atoms with Gasteiger partial charge < -0.3 is 9.67 Å². The summed E-state index contributed by atoms with van der Waals surface area (Å²) in [5, 5.41) is 11.1. The third-order valence-electron chi connectivity index (χ3n) is 3.00. The first kappa shape index (κ1) is 13.1. The van der Waals surface area contributed by atoms with E-state index in [1.165, 1.54) is 0 Å². The van der Waals surface area contributed by atoms with E-state index in [1.807, 2.05) is 29.7 Å². The molecule has 0 amide bonds. The number of imidazole rings is 1. The van der Waals surface area contributed by atoms with E-state index in [4.69, 9.17) is 11.6 Å². The number of benzene rings is 1.